The number of amides is 1. The highest BCUT2D eigenvalue weighted by Crippen LogP contribution is 2.30. The lowest BCUT2D eigenvalue weighted by molar-refractivity contribution is 0.101. The second kappa shape index (κ2) is 7.22. The number of rotatable bonds is 4. The molecule has 0 spiro atoms. The van der Waals surface area contributed by atoms with Gasteiger partial charge < -0.3 is 14.9 Å². The Hall–Kier alpha value is -3.16. The molecule has 0 saturated heterocycles. The third-order valence-corrected chi connectivity index (χ3v) is 4.81. The third kappa shape index (κ3) is 3.55. The van der Waals surface area contributed by atoms with Gasteiger partial charge in [0.05, 0.1) is 12.2 Å². The fraction of sp³-hybridized carbons (Fsp3) is 0.316. The van der Waals surface area contributed by atoms with Gasteiger partial charge in [-0.15, -0.1) is 0 Å². The molecule has 1 aliphatic rings. The van der Waals surface area contributed by atoms with Crippen molar-refractivity contribution in [3.8, 4) is 17.1 Å². The highest BCUT2D eigenvalue weighted by molar-refractivity contribution is 6.02. The van der Waals surface area contributed by atoms with Crippen molar-refractivity contribution in [3.05, 3.63) is 48.0 Å². The predicted molar refractivity (Wildman–Crippen MR) is 95.9 cm³/mol. The Labute approximate surface area is 154 Å². The van der Waals surface area contributed by atoms with Gasteiger partial charge in [-0.3, -0.25) is 4.79 Å². The van der Waals surface area contributed by atoms with Gasteiger partial charge in [-0.05, 0) is 31.0 Å². The van der Waals surface area contributed by atoms with Crippen LogP contribution in [0.2, 0.25) is 0 Å². The maximum atomic E-state index is 13.2. The number of halogens is 1. The van der Waals surface area contributed by atoms with Crippen LogP contribution in [0.25, 0.3) is 11.3 Å². The molecule has 7 nitrogen and oxygen atoms in total. The van der Waals surface area contributed by atoms with Crippen LogP contribution in [0.5, 0.6) is 5.75 Å². The number of carbonyl (C=O) groups is 1. The zero-order valence-electron chi connectivity index (χ0n) is 14.6. The standard InChI is InChI=1S/C19H19FN4O3/c20-14-7-6-12(10-16(14)25)17-11-15(23-27-17)19(26)22-18-8-9-21-24(18)13-4-2-1-3-5-13/h6-11,13,25H,1-5H2,(H,22,26). The molecule has 0 unspecified atom stereocenters. The molecule has 2 aromatic heterocycles. The normalized spacial score (nSPS) is 15.0. The number of anilines is 1. The van der Waals surface area contributed by atoms with Gasteiger partial charge in [0.2, 0.25) is 0 Å². The van der Waals surface area contributed by atoms with Gasteiger partial charge in [0, 0.05) is 17.7 Å². The Bertz CT molecular complexity index is 960. The summed E-state index contributed by atoms with van der Waals surface area (Å²) < 4.78 is 20.2. The number of hydrogen-bond donors (Lipinski definition) is 2. The summed E-state index contributed by atoms with van der Waals surface area (Å²) in [5.41, 5.74) is 0.512. The first kappa shape index (κ1) is 17.3. The molecule has 1 fully saturated rings. The van der Waals surface area contributed by atoms with Crippen LogP contribution in [-0.2, 0) is 0 Å². The molecule has 2 heterocycles. The van der Waals surface area contributed by atoms with E-state index in [1.165, 1.54) is 24.6 Å². The van der Waals surface area contributed by atoms with Crippen molar-refractivity contribution >= 4 is 11.7 Å². The highest BCUT2D eigenvalue weighted by Gasteiger charge is 2.21. The first-order valence-corrected chi connectivity index (χ1v) is 8.92. The lowest BCUT2D eigenvalue weighted by atomic mass is 9.96. The van der Waals surface area contributed by atoms with E-state index in [0.29, 0.717) is 17.4 Å². The Morgan fingerprint density at radius 2 is 2.04 bits per heavy atom. The molecule has 0 radical (unpaired) electrons. The topological polar surface area (TPSA) is 93.2 Å². The van der Waals surface area contributed by atoms with Crippen LogP contribution in [0.3, 0.4) is 0 Å². The van der Waals surface area contributed by atoms with Crippen molar-refractivity contribution in [1.29, 1.82) is 0 Å². The van der Waals surface area contributed by atoms with Crippen LogP contribution in [0.15, 0.2) is 41.1 Å². The SMILES string of the molecule is O=C(Nc1ccnn1C1CCCCC1)c1cc(-c2ccc(F)c(O)c2)on1. The molecular formula is C19H19FN4O3. The Kier molecular flexibility index (Phi) is 4.62. The van der Waals surface area contributed by atoms with Crippen LogP contribution in [0.4, 0.5) is 10.2 Å². The maximum Gasteiger partial charge on any atom is 0.279 e. The van der Waals surface area contributed by atoms with Crippen LogP contribution in [0, 0.1) is 5.82 Å². The number of benzene rings is 1. The Balaban J connectivity index is 1.50. The zero-order valence-corrected chi connectivity index (χ0v) is 14.6. The summed E-state index contributed by atoms with van der Waals surface area (Å²) in [6, 6.07) is 7.27. The largest absolute Gasteiger partial charge is 0.505 e. The number of phenolic OH excluding ortho intramolecular Hbond substituents is 1. The zero-order chi connectivity index (χ0) is 18.8. The molecule has 4 rings (SSSR count). The Morgan fingerprint density at radius 1 is 1.22 bits per heavy atom. The Morgan fingerprint density at radius 3 is 2.81 bits per heavy atom. The average Bonchev–Trinajstić information content (AvgIpc) is 3.34. The lowest BCUT2D eigenvalue weighted by Gasteiger charge is -2.23. The second-order valence-corrected chi connectivity index (χ2v) is 6.65. The molecule has 140 valence electrons. The van der Waals surface area contributed by atoms with Crippen molar-refractivity contribution in [2.75, 3.05) is 5.32 Å². The van der Waals surface area contributed by atoms with Crippen LogP contribution in [-0.4, -0.2) is 26.0 Å². The molecule has 1 aliphatic carbocycles. The van der Waals surface area contributed by atoms with Crippen molar-refractivity contribution in [2.45, 2.75) is 38.1 Å². The van der Waals surface area contributed by atoms with E-state index in [9.17, 15) is 14.3 Å². The minimum Gasteiger partial charge on any atom is -0.505 e. The van der Waals surface area contributed by atoms with Crippen molar-refractivity contribution in [3.63, 3.8) is 0 Å². The summed E-state index contributed by atoms with van der Waals surface area (Å²) in [5, 5.41) is 20.4. The quantitative estimate of drug-likeness (QED) is 0.720. The van der Waals surface area contributed by atoms with Gasteiger partial charge in [0.15, 0.2) is 23.0 Å². The molecule has 1 amide bonds. The minimum atomic E-state index is -0.729. The van der Waals surface area contributed by atoms with Gasteiger partial charge in [0.1, 0.15) is 5.82 Å². The predicted octanol–water partition coefficient (Wildman–Crippen LogP) is 4.14. The monoisotopic (exact) mass is 370 g/mol. The van der Waals surface area contributed by atoms with E-state index in [1.54, 1.807) is 12.3 Å². The fourth-order valence-electron chi connectivity index (χ4n) is 3.39. The summed E-state index contributed by atoms with van der Waals surface area (Å²) >= 11 is 0. The van der Waals surface area contributed by atoms with Gasteiger partial charge in [0.25, 0.3) is 5.91 Å². The van der Waals surface area contributed by atoms with E-state index in [-0.39, 0.29) is 11.5 Å². The van der Waals surface area contributed by atoms with Crippen molar-refractivity contribution < 1.29 is 18.8 Å². The molecule has 2 N–H and O–H groups in total. The number of nitrogens with zero attached hydrogens (tertiary/aromatic N) is 3. The fourth-order valence-corrected chi connectivity index (χ4v) is 3.39. The van der Waals surface area contributed by atoms with Gasteiger partial charge in [-0.2, -0.15) is 5.10 Å². The summed E-state index contributed by atoms with van der Waals surface area (Å²) in [6.07, 6.45) is 7.32. The van der Waals surface area contributed by atoms with E-state index in [0.717, 1.165) is 31.7 Å². The molecule has 27 heavy (non-hydrogen) atoms. The first-order valence-electron chi connectivity index (χ1n) is 8.92. The first-order chi connectivity index (χ1) is 13.1. The minimum absolute atomic E-state index is 0.0882. The molecule has 0 atom stereocenters. The smallest absolute Gasteiger partial charge is 0.279 e. The number of hydrogen-bond acceptors (Lipinski definition) is 5. The number of phenols is 1. The second-order valence-electron chi connectivity index (χ2n) is 6.65. The molecule has 0 aliphatic heterocycles. The number of carbonyl (C=O) groups excluding carboxylic acids is 1. The molecule has 3 aromatic rings. The van der Waals surface area contributed by atoms with E-state index in [4.69, 9.17) is 4.52 Å². The van der Waals surface area contributed by atoms with Gasteiger partial charge in [-0.25, -0.2) is 9.07 Å². The highest BCUT2D eigenvalue weighted by atomic mass is 19.1. The molecule has 0 bridgehead atoms. The number of aromatic hydroxyl groups is 1. The van der Waals surface area contributed by atoms with Crippen LogP contribution in [0.1, 0.15) is 48.6 Å². The average molecular weight is 370 g/mol. The van der Waals surface area contributed by atoms with E-state index < -0.39 is 17.5 Å². The summed E-state index contributed by atoms with van der Waals surface area (Å²) in [7, 11) is 0. The number of nitrogens with one attached hydrogen (secondary N) is 1. The number of aromatic nitrogens is 3. The van der Waals surface area contributed by atoms with E-state index in [2.05, 4.69) is 15.6 Å². The summed E-state index contributed by atoms with van der Waals surface area (Å²) in [4.78, 5) is 12.5. The van der Waals surface area contributed by atoms with Crippen LogP contribution >= 0.6 is 0 Å². The maximum absolute atomic E-state index is 13.2. The van der Waals surface area contributed by atoms with E-state index in [1.807, 2.05) is 4.68 Å². The third-order valence-electron chi connectivity index (χ3n) is 4.81. The van der Waals surface area contributed by atoms with Gasteiger partial charge in [-0.1, -0.05) is 24.4 Å². The van der Waals surface area contributed by atoms with Crippen molar-refractivity contribution in [1.82, 2.24) is 14.9 Å². The molecule has 1 saturated carbocycles. The molecule has 1 aromatic carbocycles. The summed E-state index contributed by atoms with van der Waals surface area (Å²) in [5.74, 6) is -0.764. The lowest BCUT2D eigenvalue weighted by Crippen LogP contribution is -2.20. The van der Waals surface area contributed by atoms with Crippen molar-refractivity contribution in [2.24, 2.45) is 0 Å². The molecular weight excluding hydrogens is 351 g/mol. The molecule has 8 heteroatoms. The van der Waals surface area contributed by atoms with E-state index >= 15 is 0 Å². The van der Waals surface area contributed by atoms with Gasteiger partial charge >= 0.3 is 0 Å². The van der Waals surface area contributed by atoms with Crippen LogP contribution < -0.4 is 5.32 Å². The summed E-state index contributed by atoms with van der Waals surface area (Å²) in [6.45, 7) is 0.